The molecule has 0 N–H and O–H groups in total. The van der Waals surface area contributed by atoms with Crippen LogP contribution in [0.3, 0.4) is 0 Å². The first kappa shape index (κ1) is 12.2. The van der Waals surface area contributed by atoms with E-state index < -0.39 is 0 Å². The quantitative estimate of drug-likeness (QED) is 0.703. The highest BCUT2D eigenvalue weighted by Crippen LogP contribution is 2.60. The summed E-state index contributed by atoms with van der Waals surface area (Å²) in [6.45, 7) is 8.35. The fraction of sp³-hybridized carbons (Fsp3) is 0.867. The summed E-state index contributed by atoms with van der Waals surface area (Å²) < 4.78 is 2.19. The molecule has 0 amide bonds. The molecule has 1 atom stereocenters. The van der Waals surface area contributed by atoms with Crippen LogP contribution in [0.5, 0.6) is 0 Å². The van der Waals surface area contributed by atoms with E-state index in [1.165, 1.54) is 37.9 Å². The molecule has 1 aliphatic heterocycles. The number of aromatic nitrogens is 3. The third-order valence-electron chi connectivity index (χ3n) is 4.98. The van der Waals surface area contributed by atoms with Gasteiger partial charge in [0, 0.05) is 13.0 Å². The Labute approximate surface area is 110 Å². The SMILES string of the molecule is CC(C)(C)C1CCCCc2ncnn2CC12CC2. The molecular weight excluding hydrogens is 222 g/mol. The molecular formula is C15H25N3. The maximum absolute atomic E-state index is 4.46. The van der Waals surface area contributed by atoms with Gasteiger partial charge in [0.05, 0.1) is 0 Å². The van der Waals surface area contributed by atoms with Gasteiger partial charge in [0.25, 0.3) is 0 Å². The Morgan fingerprint density at radius 1 is 1.28 bits per heavy atom. The van der Waals surface area contributed by atoms with E-state index in [0.29, 0.717) is 10.8 Å². The van der Waals surface area contributed by atoms with E-state index >= 15 is 0 Å². The van der Waals surface area contributed by atoms with E-state index in [0.717, 1.165) is 18.9 Å². The summed E-state index contributed by atoms with van der Waals surface area (Å²) >= 11 is 0. The summed E-state index contributed by atoms with van der Waals surface area (Å²) in [5.41, 5.74) is 0.937. The van der Waals surface area contributed by atoms with Crippen molar-refractivity contribution < 1.29 is 0 Å². The van der Waals surface area contributed by atoms with Crippen LogP contribution in [0.2, 0.25) is 0 Å². The molecule has 3 nitrogen and oxygen atoms in total. The van der Waals surface area contributed by atoms with Crippen molar-refractivity contribution >= 4 is 0 Å². The summed E-state index contributed by atoms with van der Waals surface area (Å²) in [6.07, 6.45) is 9.60. The van der Waals surface area contributed by atoms with Gasteiger partial charge >= 0.3 is 0 Å². The molecule has 18 heavy (non-hydrogen) atoms. The molecule has 1 spiro atoms. The number of rotatable bonds is 0. The van der Waals surface area contributed by atoms with Crippen LogP contribution >= 0.6 is 0 Å². The number of nitrogens with zero attached hydrogens (tertiary/aromatic N) is 3. The lowest BCUT2D eigenvalue weighted by Crippen LogP contribution is -2.32. The van der Waals surface area contributed by atoms with Gasteiger partial charge in [-0.1, -0.05) is 27.2 Å². The van der Waals surface area contributed by atoms with Crippen molar-refractivity contribution in [2.24, 2.45) is 16.7 Å². The van der Waals surface area contributed by atoms with Gasteiger partial charge in [0.1, 0.15) is 12.2 Å². The first-order valence-corrected chi connectivity index (χ1v) is 7.38. The minimum Gasteiger partial charge on any atom is -0.250 e. The van der Waals surface area contributed by atoms with Crippen molar-refractivity contribution in [1.29, 1.82) is 0 Å². The van der Waals surface area contributed by atoms with E-state index in [1.54, 1.807) is 6.33 Å². The van der Waals surface area contributed by atoms with Crippen LogP contribution in [0, 0.1) is 16.7 Å². The Kier molecular flexibility index (Phi) is 2.76. The molecule has 0 aromatic carbocycles. The molecule has 1 aromatic heterocycles. The van der Waals surface area contributed by atoms with Crippen molar-refractivity contribution in [2.45, 2.75) is 65.8 Å². The molecule has 3 rings (SSSR count). The van der Waals surface area contributed by atoms with E-state index in [4.69, 9.17) is 0 Å². The van der Waals surface area contributed by atoms with Crippen LogP contribution in [0.25, 0.3) is 0 Å². The Balaban J connectivity index is 1.92. The summed E-state index contributed by atoms with van der Waals surface area (Å²) in [5, 5.41) is 4.46. The van der Waals surface area contributed by atoms with Crippen LogP contribution in [-0.2, 0) is 13.0 Å². The molecule has 0 saturated heterocycles. The van der Waals surface area contributed by atoms with Crippen molar-refractivity contribution in [1.82, 2.24) is 14.8 Å². The first-order chi connectivity index (χ1) is 8.51. The molecule has 0 bridgehead atoms. The topological polar surface area (TPSA) is 30.7 Å². The van der Waals surface area contributed by atoms with Gasteiger partial charge in [-0.05, 0) is 42.4 Å². The molecule has 1 aromatic rings. The van der Waals surface area contributed by atoms with E-state index in [9.17, 15) is 0 Å². The molecule has 2 heterocycles. The Morgan fingerprint density at radius 3 is 2.72 bits per heavy atom. The van der Waals surface area contributed by atoms with Gasteiger partial charge in [-0.15, -0.1) is 0 Å². The zero-order valence-corrected chi connectivity index (χ0v) is 11.9. The molecule has 1 aliphatic carbocycles. The van der Waals surface area contributed by atoms with Crippen LogP contribution < -0.4 is 0 Å². The average molecular weight is 247 g/mol. The molecule has 100 valence electrons. The van der Waals surface area contributed by atoms with Gasteiger partial charge < -0.3 is 0 Å². The second-order valence-electron chi connectivity index (χ2n) is 7.36. The Hall–Kier alpha value is -0.860. The fourth-order valence-electron chi connectivity index (χ4n) is 3.98. The number of hydrogen-bond donors (Lipinski definition) is 0. The molecule has 1 saturated carbocycles. The van der Waals surface area contributed by atoms with Crippen molar-refractivity contribution in [2.75, 3.05) is 0 Å². The average Bonchev–Trinajstić information content (AvgIpc) is 2.85. The van der Waals surface area contributed by atoms with Crippen molar-refractivity contribution in [3.8, 4) is 0 Å². The van der Waals surface area contributed by atoms with Crippen LogP contribution in [0.4, 0.5) is 0 Å². The maximum Gasteiger partial charge on any atom is 0.138 e. The minimum atomic E-state index is 0.418. The van der Waals surface area contributed by atoms with Crippen LogP contribution in [0.15, 0.2) is 6.33 Å². The number of fused-ring (bicyclic) bond motifs is 1. The second kappa shape index (κ2) is 4.07. The van der Waals surface area contributed by atoms with Gasteiger partial charge in [-0.2, -0.15) is 5.10 Å². The minimum absolute atomic E-state index is 0.418. The Bertz CT molecular complexity index is 423. The zero-order chi connectivity index (χ0) is 12.8. The Morgan fingerprint density at radius 2 is 2.06 bits per heavy atom. The normalized spacial score (nSPS) is 27.2. The van der Waals surface area contributed by atoms with Crippen LogP contribution in [0.1, 0.15) is 58.7 Å². The maximum atomic E-state index is 4.46. The summed E-state index contributed by atoms with van der Waals surface area (Å²) in [4.78, 5) is 4.43. The van der Waals surface area contributed by atoms with Crippen LogP contribution in [-0.4, -0.2) is 14.8 Å². The predicted octanol–water partition coefficient (Wildman–Crippen LogP) is 3.45. The second-order valence-corrected chi connectivity index (χ2v) is 7.36. The molecule has 0 radical (unpaired) electrons. The van der Waals surface area contributed by atoms with E-state index in [1.807, 2.05) is 0 Å². The highest BCUT2D eigenvalue weighted by molar-refractivity contribution is 5.04. The predicted molar refractivity (Wildman–Crippen MR) is 72.2 cm³/mol. The lowest BCUT2D eigenvalue weighted by atomic mass is 9.68. The monoisotopic (exact) mass is 247 g/mol. The van der Waals surface area contributed by atoms with Gasteiger partial charge in [-0.25, -0.2) is 9.67 Å². The highest BCUT2D eigenvalue weighted by atomic mass is 15.3. The van der Waals surface area contributed by atoms with Gasteiger partial charge in [0.2, 0.25) is 0 Å². The molecule has 3 heteroatoms. The number of aryl methyl sites for hydroxylation is 1. The zero-order valence-electron chi connectivity index (χ0n) is 11.9. The van der Waals surface area contributed by atoms with Gasteiger partial charge in [0.15, 0.2) is 0 Å². The highest BCUT2D eigenvalue weighted by Gasteiger charge is 2.53. The first-order valence-electron chi connectivity index (χ1n) is 7.38. The summed E-state index contributed by atoms with van der Waals surface area (Å²) in [5.74, 6) is 2.04. The molecule has 1 fully saturated rings. The molecule has 2 aliphatic rings. The lowest BCUT2D eigenvalue weighted by Gasteiger charge is -2.37. The molecule has 1 unspecified atom stereocenters. The summed E-state index contributed by atoms with van der Waals surface area (Å²) in [7, 11) is 0. The summed E-state index contributed by atoms with van der Waals surface area (Å²) in [6, 6.07) is 0. The van der Waals surface area contributed by atoms with Crippen molar-refractivity contribution in [3.63, 3.8) is 0 Å². The standard InChI is InChI=1S/C15H25N3/c1-14(2,3)12-6-4-5-7-13-16-11-17-18(13)10-15(12)8-9-15/h11-12H,4-10H2,1-3H3. The van der Waals surface area contributed by atoms with Crippen molar-refractivity contribution in [3.05, 3.63) is 12.2 Å². The van der Waals surface area contributed by atoms with Gasteiger partial charge in [-0.3, -0.25) is 0 Å². The van der Waals surface area contributed by atoms with E-state index in [2.05, 4.69) is 35.5 Å². The third-order valence-corrected chi connectivity index (χ3v) is 4.98. The third kappa shape index (κ3) is 2.08. The lowest BCUT2D eigenvalue weighted by molar-refractivity contribution is 0.109. The smallest absolute Gasteiger partial charge is 0.138 e. The van der Waals surface area contributed by atoms with E-state index in [-0.39, 0.29) is 0 Å². The largest absolute Gasteiger partial charge is 0.250 e. The number of hydrogen-bond acceptors (Lipinski definition) is 2. The fourth-order valence-corrected chi connectivity index (χ4v) is 3.98.